The summed E-state index contributed by atoms with van der Waals surface area (Å²) >= 11 is 0. The first-order valence-corrected chi connectivity index (χ1v) is 10.8. The minimum Gasteiger partial charge on any atom is -0.488 e. The summed E-state index contributed by atoms with van der Waals surface area (Å²) < 4.78 is 5.84. The van der Waals surface area contributed by atoms with E-state index in [9.17, 15) is 9.59 Å². The fourth-order valence-electron chi connectivity index (χ4n) is 3.82. The number of carbonyl (C=O) groups excluding carboxylic acids is 2. The highest BCUT2D eigenvalue weighted by atomic mass is 16.5. The molecule has 2 amide bonds. The molecule has 2 aliphatic rings. The van der Waals surface area contributed by atoms with Gasteiger partial charge in [0.15, 0.2) is 0 Å². The van der Waals surface area contributed by atoms with Crippen LogP contribution in [0.5, 0.6) is 5.75 Å². The van der Waals surface area contributed by atoms with Gasteiger partial charge in [-0.15, -0.1) is 0 Å². The summed E-state index contributed by atoms with van der Waals surface area (Å²) in [5.41, 5.74) is 5.43. The first-order chi connectivity index (χ1) is 15.1. The number of piperazine rings is 1. The molecule has 2 N–H and O–H groups in total. The lowest BCUT2D eigenvalue weighted by molar-refractivity contribution is -0.904. The SMILES string of the molecule is Cc1ccc(OCC[NH+]2CCN(C(=O)C3=CCC(=O)N(c4ccccc4)N3)CC2)cc1. The number of hydrogen-bond acceptors (Lipinski definition) is 4. The molecule has 1 fully saturated rings. The Hall–Kier alpha value is -3.32. The van der Waals surface area contributed by atoms with E-state index >= 15 is 0 Å². The summed E-state index contributed by atoms with van der Waals surface area (Å²) in [7, 11) is 0. The third-order valence-electron chi connectivity index (χ3n) is 5.71. The van der Waals surface area contributed by atoms with Crippen molar-refractivity contribution in [2.24, 2.45) is 0 Å². The topological polar surface area (TPSA) is 66.3 Å². The van der Waals surface area contributed by atoms with Gasteiger partial charge in [0.2, 0.25) is 5.91 Å². The average molecular weight is 422 g/mol. The van der Waals surface area contributed by atoms with Crippen LogP contribution < -0.4 is 20.1 Å². The predicted octanol–water partition coefficient (Wildman–Crippen LogP) is 0.926. The summed E-state index contributed by atoms with van der Waals surface area (Å²) in [4.78, 5) is 28.6. The van der Waals surface area contributed by atoms with Crippen molar-refractivity contribution in [2.75, 3.05) is 44.3 Å². The molecule has 0 atom stereocenters. The Labute approximate surface area is 182 Å². The van der Waals surface area contributed by atoms with E-state index in [0.717, 1.165) is 31.1 Å². The number of hydrazine groups is 1. The monoisotopic (exact) mass is 421 g/mol. The molecule has 7 heteroatoms. The first-order valence-electron chi connectivity index (χ1n) is 10.8. The van der Waals surface area contributed by atoms with E-state index in [1.807, 2.05) is 59.5 Å². The highest BCUT2D eigenvalue weighted by Gasteiger charge is 2.29. The maximum atomic E-state index is 13.0. The fraction of sp³-hybridized carbons (Fsp3) is 0.333. The lowest BCUT2D eigenvalue weighted by atomic mass is 10.2. The number of hydrogen-bond donors (Lipinski definition) is 2. The molecule has 31 heavy (non-hydrogen) atoms. The number of aryl methyl sites for hydroxylation is 1. The van der Waals surface area contributed by atoms with Crippen LogP contribution in [-0.4, -0.2) is 56.0 Å². The Morgan fingerprint density at radius 3 is 2.48 bits per heavy atom. The van der Waals surface area contributed by atoms with Gasteiger partial charge in [-0.3, -0.25) is 15.0 Å². The van der Waals surface area contributed by atoms with E-state index in [0.29, 0.717) is 25.4 Å². The first kappa shape index (κ1) is 20.9. The fourth-order valence-corrected chi connectivity index (χ4v) is 3.82. The molecule has 0 bridgehead atoms. The van der Waals surface area contributed by atoms with Gasteiger partial charge in [0.05, 0.1) is 31.9 Å². The van der Waals surface area contributed by atoms with Crippen LogP contribution in [0.1, 0.15) is 12.0 Å². The lowest BCUT2D eigenvalue weighted by Crippen LogP contribution is -3.15. The normalized spacial score (nSPS) is 17.2. The number of quaternary nitrogens is 1. The van der Waals surface area contributed by atoms with Crippen molar-refractivity contribution in [2.45, 2.75) is 13.3 Å². The Bertz CT molecular complexity index is 935. The van der Waals surface area contributed by atoms with Gasteiger partial charge < -0.3 is 14.5 Å². The number of para-hydroxylation sites is 1. The van der Waals surface area contributed by atoms with E-state index in [2.05, 4.69) is 12.3 Å². The summed E-state index contributed by atoms with van der Waals surface area (Å²) in [6, 6.07) is 17.4. The van der Waals surface area contributed by atoms with Gasteiger partial charge in [0.1, 0.15) is 24.6 Å². The van der Waals surface area contributed by atoms with Crippen LogP contribution in [0.25, 0.3) is 0 Å². The Morgan fingerprint density at radius 2 is 1.77 bits per heavy atom. The smallest absolute Gasteiger partial charge is 0.271 e. The van der Waals surface area contributed by atoms with Gasteiger partial charge in [-0.1, -0.05) is 35.9 Å². The number of nitrogens with zero attached hydrogens (tertiary/aromatic N) is 2. The quantitative estimate of drug-likeness (QED) is 0.728. The van der Waals surface area contributed by atoms with Gasteiger partial charge in [-0.2, -0.15) is 0 Å². The van der Waals surface area contributed by atoms with Gasteiger partial charge in [-0.25, -0.2) is 5.01 Å². The molecule has 7 nitrogen and oxygen atoms in total. The molecule has 0 saturated carbocycles. The van der Waals surface area contributed by atoms with Crippen molar-refractivity contribution < 1.29 is 19.2 Å². The van der Waals surface area contributed by atoms with E-state index in [4.69, 9.17) is 4.74 Å². The number of ether oxygens (including phenoxy) is 1. The number of benzene rings is 2. The lowest BCUT2D eigenvalue weighted by Gasteiger charge is -2.35. The largest absolute Gasteiger partial charge is 0.488 e. The zero-order chi connectivity index (χ0) is 21.6. The molecule has 4 rings (SSSR count). The van der Waals surface area contributed by atoms with Gasteiger partial charge in [0, 0.05) is 6.42 Å². The van der Waals surface area contributed by atoms with Gasteiger partial charge in [-0.05, 0) is 37.3 Å². The maximum absolute atomic E-state index is 13.0. The molecular weight excluding hydrogens is 392 g/mol. The molecule has 2 heterocycles. The molecule has 2 aliphatic heterocycles. The standard InChI is InChI=1S/C24H28N4O3/c1-19-7-9-21(10-8-19)31-18-17-26-13-15-27(16-14-26)24(30)22-11-12-23(29)28(25-22)20-5-3-2-4-6-20/h2-11,25H,12-18H2,1H3/p+1. The van der Waals surface area contributed by atoms with Gasteiger partial charge >= 0.3 is 0 Å². The van der Waals surface area contributed by atoms with Crippen LogP contribution in [-0.2, 0) is 9.59 Å². The van der Waals surface area contributed by atoms with Crippen LogP contribution in [0.4, 0.5) is 5.69 Å². The number of nitrogens with one attached hydrogen (secondary N) is 2. The highest BCUT2D eigenvalue weighted by Crippen LogP contribution is 2.18. The molecule has 0 aliphatic carbocycles. The average Bonchev–Trinajstić information content (AvgIpc) is 2.81. The zero-order valence-corrected chi connectivity index (χ0v) is 17.8. The highest BCUT2D eigenvalue weighted by molar-refractivity contribution is 6.01. The summed E-state index contributed by atoms with van der Waals surface area (Å²) in [5.74, 6) is 0.764. The summed E-state index contributed by atoms with van der Waals surface area (Å²) in [6.45, 7) is 6.79. The van der Waals surface area contributed by atoms with Crippen LogP contribution in [0.15, 0.2) is 66.4 Å². The maximum Gasteiger partial charge on any atom is 0.271 e. The van der Waals surface area contributed by atoms with Gasteiger partial charge in [0.25, 0.3) is 5.91 Å². The predicted molar refractivity (Wildman–Crippen MR) is 119 cm³/mol. The second-order valence-corrected chi connectivity index (χ2v) is 7.95. The second kappa shape index (κ2) is 9.66. The number of anilines is 1. The van der Waals surface area contributed by atoms with Crippen LogP contribution in [0, 0.1) is 6.92 Å². The van der Waals surface area contributed by atoms with Crippen molar-refractivity contribution in [1.29, 1.82) is 0 Å². The van der Waals surface area contributed by atoms with Crippen molar-refractivity contribution in [3.63, 3.8) is 0 Å². The summed E-state index contributed by atoms with van der Waals surface area (Å²) in [6.07, 6.45) is 1.91. The minimum atomic E-state index is -0.0782. The number of rotatable bonds is 6. The van der Waals surface area contributed by atoms with Crippen molar-refractivity contribution in [3.8, 4) is 5.75 Å². The van der Waals surface area contributed by atoms with Crippen molar-refractivity contribution >= 4 is 17.5 Å². The van der Waals surface area contributed by atoms with E-state index in [1.165, 1.54) is 15.5 Å². The summed E-state index contributed by atoms with van der Waals surface area (Å²) in [5, 5.41) is 1.46. The molecule has 2 aromatic carbocycles. The van der Waals surface area contributed by atoms with E-state index in [-0.39, 0.29) is 18.2 Å². The number of carbonyl (C=O) groups is 2. The third-order valence-corrected chi connectivity index (χ3v) is 5.71. The van der Waals surface area contributed by atoms with Crippen LogP contribution in [0.2, 0.25) is 0 Å². The molecule has 0 unspecified atom stereocenters. The second-order valence-electron chi connectivity index (χ2n) is 7.95. The van der Waals surface area contributed by atoms with Crippen molar-refractivity contribution in [3.05, 3.63) is 71.9 Å². The number of amides is 2. The third kappa shape index (κ3) is 5.24. The Balaban J connectivity index is 1.25. The zero-order valence-electron chi connectivity index (χ0n) is 17.8. The van der Waals surface area contributed by atoms with Crippen LogP contribution >= 0.6 is 0 Å². The molecule has 1 saturated heterocycles. The van der Waals surface area contributed by atoms with Crippen molar-refractivity contribution in [1.82, 2.24) is 10.3 Å². The molecule has 0 aromatic heterocycles. The molecule has 162 valence electrons. The Morgan fingerprint density at radius 1 is 1.06 bits per heavy atom. The molecule has 0 spiro atoms. The van der Waals surface area contributed by atoms with E-state index < -0.39 is 0 Å². The molecule has 2 aromatic rings. The molecular formula is C24H29N4O3+. The Kier molecular flexibility index (Phi) is 6.52. The minimum absolute atomic E-state index is 0.0524. The molecule has 0 radical (unpaired) electrons. The van der Waals surface area contributed by atoms with E-state index in [1.54, 1.807) is 6.08 Å². The van der Waals surface area contributed by atoms with Crippen LogP contribution in [0.3, 0.4) is 0 Å².